The number of rotatable bonds is 4. The maximum Gasteiger partial charge on any atom is 0.325 e. The molecule has 0 spiro atoms. The molecular formula is C12H24BO4P. The first-order valence-electron chi connectivity index (χ1n) is 6.72. The highest BCUT2D eigenvalue weighted by atomic mass is 31.2. The minimum Gasteiger partial charge on any atom is -0.376 e. The second kappa shape index (κ2) is 4.62. The molecule has 0 saturated carbocycles. The molecule has 1 saturated heterocycles. The number of hydrogen-bond acceptors (Lipinski definition) is 3. The lowest BCUT2D eigenvalue weighted by Crippen LogP contribution is -2.51. The largest absolute Gasteiger partial charge is 0.376 e. The molecule has 0 aromatic carbocycles. The molecule has 0 aliphatic carbocycles. The maximum absolute atomic E-state index is 11.7. The average Bonchev–Trinajstić information content (AvgIpc) is 2.21. The van der Waals surface area contributed by atoms with Crippen molar-refractivity contribution < 1.29 is 20.1 Å². The minimum absolute atomic E-state index is 0.588. The van der Waals surface area contributed by atoms with Gasteiger partial charge in [-0.2, -0.15) is 0 Å². The first kappa shape index (κ1) is 14.6. The zero-order chi connectivity index (χ0) is 15.3. The Kier molecular flexibility index (Phi) is 3.75. The van der Waals surface area contributed by atoms with Gasteiger partial charge >= 0.3 is 7.60 Å². The Morgan fingerprint density at radius 2 is 2.06 bits per heavy atom. The molecule has 1 rings (SSSR count). The van der Waals surface area contributed by atoms with Crippen LogP contribution in [0.1, 0.15) is 48.8 Å². The second-order valence-corrected chi connectivity index (χ2v) is 7.53. The molecule has 1 aliphatic heterocycles. The van der Waals surface area contributed by atoms with E-state index in [-0.39, 0.29) is 0 Å². The van der Waals surface area contributed by atoms with Crippen LogP contribution in [0.25, 0.3) is 0 Å². The Morgan fingerprint density at radius 3 is 2.44 bits per heavy atom. The summed E-state index contributed by atoms with van der Waals surface area (Å²) < 4.78 is 31.6. The first-order chi connectivity index (χ1) is 8.22. The second-order valence-electron chi connectivity index (χ2n) is 5.74. The lowest BCUT2D eigenvalue weighted by atomic mass is 9.66. The zero-order valence-electron chi connectivity index (χ0n) is 13.1. The summed E-state index contributed by atoms with van der Waals surface area (Å²) in [6, 6.07) is 0. The van der Waals surface area contributed by atoms with Crippen molar-refractivity contribution in [3.05, 3.63) is 0 Å². The van der Waals surface area contributed by atoms with E-state index in [4.69, 9.17) is 18.5 Å². The summed E-state index contributed by atoms with van der Waals surface area (Å²) in [5, 5.41) is 0. The molecule has 0 amide bonds. The van der Waals surface area contributed by atoms with Gasteiger partial charge in [-0.1, -0.05) is 20.3 Å². The molecule has 1 fully saturated rings. The van der Waals surface area contributed by atoms with E-state index < -0.39 is 30.2 Å². The average molecular weight is 275 g/mol. The van der Waals surface area contributed by atoms with E-state index >= 15 is 0 Å². The molecular weight excluding hydrogens is 250 g/mol. The van der Waals surface area contributed by atoms with Crippen LogP contribution in [-0.4, -0.2) is 36.1 Å². The van der Waals surface area contributed by atoms with Crippen molar-refractivity contribution in [2.75, 3.05) is 6.66 Å². The van der Waals surface area contributed by atoms with Crippen molar-refractivity contribution >= 4 is 15.4 Å². The van der Waals surface area contributed by atoms with Gasteiger partial charge in [-0.05, 0) is 27.2 Å². The van der Waals surface area contributed by atoms with Crippen molar-refractivity contribution in [1.29, 1.82) is 0 Å². The smallest absolute Gasteiger partial charge is 0.325 e. The van der Waals surface area contributed by atoms with Crippen LogP contribution in [0.5, 0.6) is 0 Å². The van der Waals surface area contributed by atoms with E-state index in [0.29, 0.717) is 6.42 Å². The number of ether oxygens (including phenoxy) is 1. The molecule has 0 aromatic rings. The predicted octanol–water partition coefficient (Wildman–Crippen LogP) is 2.69. The lowest BCUT2D eigenvalue weighted by molar-refractivity contribution is -0.115. The van der Waals surface area contributed by atoms with E-state index in [2.05, 4.69) is 0 Å². The Balaban J connectivity index is 3.38. The van der Waals surface area contributed by atoms with Crippen LogP contribution in [0.4, 0.5) is 0 Å². The van der Waals surface area contributed by atoms with Crippen molar-refractivity contribution in [1.82, 2.24) is 0 Å². The predicted molar refractivity (Wildman–Crippen MR) is 73.0 cm³/mol. The summed E-state index contributed by atoms with van der Waals surface area (Å²) in [5.41, 5.74) is -3.43. The SMILES string of the molecule is [2H][C@@]1(C)C([B])(C)O[C@@](C)(CCC)C1(C)OP(C)(=O)O. The van der Waals surface area contributed by atoms with Gasteiger partial charge in [0.1, 0.15) is 13.4 Å². The molecule has 0 bridgehead atoms. The first-order valence-corrected chi connectivity index (χ1v) is 8.25. The fraction of sp³-hybridized carbons (Fsp3) is 1.00. The highest BCUT2D eigenvalue weighted by molar-refractivity contribution is 7.51. The Hall–Kier alpha value is 0.175. The monoisotopic (exact) mass is 275 g/mol. The molecule has 4 nitrogen and oxygen atoms in total. The van der Waals surface area contributed by atoms with Gasteiger partial charge < -0.3 is 9.63 Å². The van der Waals surface area contributed by atoms with Crippen LogP contribution in [0, 0.1) is 5.89 Å². The topological polar surface area (TPSA) is 55.8 Å². The van der Waals surface area contributed by atoms with Gasteiger partial charge in [0.15, 0.2) is 0 Å². The molecule has 3 unspecified atom stereocenters. The van der Waals surface area contributed by atoms with Crippen molar-refractivity contribution in [3.63, 3.8) is 0 Å². The molecule has 18 heavy (non-hydrogen) atoms. The summed E-state index contributed by atoms with van der Waals surface area (Å²) in [6.07, 6.45) is 1.38. The zero-order valence-corrected chi connectivity index (χ0v) is 13.0. The quantitative estimate of drug-likeness (QED) is 0.633. The molecule has 1 aliphatic rings. The van der Waals surface area contributed by atoms with Crippen molar-refractivity contribution in [3.8, 4) is 0 Å². The molecule has 104 valence electrons. The van der Waals surface area contributed by atoms with Crippen molar-refractivity contribution in [2.45, 2.75) is 64.2 Å². The van der Waals surface area contributed by atoms with Gasteiger partial charge in [-0.15, -0.1) is 0 Å². The third kappa shape index (κ3) is 2.70. The number of hydrogen-bond donors (Lipinski definition) is 1. The molecule has 1 heterocycles. The Morgan fingerprint density at radius 1 is 1.56 bits per heavy atom. The van der Waals surface area contributed by atoms with E-state index in [1.807, 2.05) is 6.92 Å². The Bertz CT molecular complexity index is 409. The molecule has 5 atom stereocenters. The summed E-state index contributed by atoms with van der Waals surface area (Å²) in [4.78, 5) is 9.60. The van der Waals surface area contributed by atoms with E-state index in [0.717, 1.165) is 13.1 Å². The van der Waals surface area contributed by atoms with Crippen LogP contribution >= 0.6 is 7.60 Å². The van der Waals surface area contributed by atoms with Gasteiger partial charge in [0, 0.05) is 19.4 Å². The van der Waals surface area contributed by atoms with Crippen molar-refractivity contribution in [2.24, 2.45) is 5.89 Å². The highest BCUT2D eigenvalue weighted by Crippen LogP contribution is 2.58. The normalized spacial score (nSPS) is 52.9. The summed E-state index contributed by atoms with van der Waals surface area (Å²) in [7, 11) is 2.32. The summed E-state index contributed by atoms with van der Waals surface area (Å²) in [6.45, 7) is 9.72. The Labute approximate surface area is 113 Å². The van der Waals surface area contributed by atoms with Crippen LogP contribution in [0.3, 0.4) is 0 Å². The van der Waals surface area contributed by atoms with Gasteiger partial charge in [-0.25, -0.2) is 0 Å². The van der Waals surface area contributed by atoms with Gasteiger partial charge in [0.25, 0.3) is 0 Å². The van der Waals surface area contributed by atoms with Crippen LogP contribution < -0.4 is 0 Å². The molecule has 1 N–H and O–H groups in total. The van der Waals surface area contributed by atoms with Gasteiger partial charge in [0.2, 0.25) is 0 Å². The summed E-state index contributed by atoms with van der Waals surface area (Å²) >= 11 is 0. The van der Waals surface area contributed by atoms with Crippen LogP contribution in [0.15, 0.2) is 0 Å². The minimum atomic E-state index is -3.78. The summed E-state index contributed by atoms with van der Waals surface area (Å²) in [5.74, 6) is -1.36. The molecule has 6 heteroatoms. The maximum atomic E-state index is 11.7. The lowest BCUT2D eigenvalue weighted by Gasteiger charge is -2.41. The fourth-order valence-electron chi connectivity index (χ4n) is 2.78. The molecule has 0 aromatic heterocycles. The van der Waals surface area contributed by atoms with Crippen LogP contribution in [-0.2, 0) is 13.8 Å². The van der Waals surface area contributed by atoms with Crippen LogP contribution in [0.2, 0.25) is 0 Å². The highest BCUT2D eigenvalue weighted by Gasteiger charge is 2.63. The third-order valence-electron chi connectivity index (χ3n) is 3.99. The van der Waals surface area contributed by atoms with Gasteiger partial charge in [-0.3, -0.25) is 9.09 Å². The molecule has 2 radical (unpaired) electrons. The standard InChI is InChI=1S/C12H24BO4P/c1-7-8-10(3)11(4,17-18(6,14)15)9(2)12(5,13)16-10/h9H,7-8H2,1-6H3,(H,14,15)/t9-,10-,11?,12?/m0/s1/i9D. The van der Waals surface area contributed by atoms with E-state index in [1.54, 1.807) is 27.7 Å². The van der Waals surface area contributed by atoms with E-state index in [9.17, 15) is 9.46 Å². The van der Waals surface area contributed by atoms with E-state index in [1.165, 1.54) is 0 Å². The third-order valence-corrected chi connectivity index (χ3v) is 4.69. The fourth-order valence-corrected chi connectivity index (χ4v) is 3.79. The van der Waals surface area contributed by atoms with Gasteiger partial charge in [0.05, 0.1) is 5.60 Å².